The summed E-state index contributed by atoms with van der Waals surface area (Å²) in [6.45, 7) is 3.49. The summed E-state index contributed by atoms with van der Waals surface area (Å²) in [6.07, 6.45) is 1.96. The molecular weight excluding hydrogens is 365 g/mol. The number of nitrogens with zero attached hydrogens (tertiary/aromatic N) is 1. The Morgan fingerprint density at radius 1 is 1.48 bits per heavy atom. The molecule has 23 heavy (non-hydrogen) atoms. The Morgan fingerprint density at radius 3 is 2.74 bits per heavy atom. The number of piperidine rings is 1. The molecule has 0 aromatic heterocycles. The number of halogens is 2. The van der Waals surface area contributed by atoms with Crippen LogP contribution in [0.2, 0.25) is 5.02 Å². The molecule has 1 fully saturated rings. The van der Waals surface area contributed by atoms with E-state index in [0.29, 0.717) is 6.54 Å². The van der Waals surface area contributed by atoms with Crippen LogP contribution >= 0.6 is 24.0 Å². The lowest BCUT2D eigenvalue weighted by atomic mass is 10.0. The fourth-order valence-corrected chi connectivity index (χ4v) is 3.83. The first-order valence-corrected chi connectivity index (χ1v) is 8.82. The van der Waals surface area contributed by atoms with Gasteiger partial charge in [-0.15, -0.1) is 12.4 Å². The van der Waals surface area contributed by atoms with Gasteiger partial charge in [-0.1, -0.05) is 11.6 Å². The molecule has 1 atom stereocenters. The summed E-state index contributed by atoms with van der Waals surface area (Å²) >= 11 is 5.91. The van der Waals surface area contributed by atoms with E-state index in [-0.39, 0.29) is 39.5 Å². The zero-order chi connectivity index (χ0) is 16.3. The highest BCUT2D eigenvalue weighted by Gasteiger charge is 2.23. The van der Waals surface area contributed by atoms with Crippen LogP contribution in [0.25, 0.3) is 0 Å². The number of nitro groups is 1. The fourth-order valence-electron chi connectivity index (χ4n) is 2.39. The smallest absolute Gasteiger partial charge is 0.275 e. The first-order valence-electron chi connectivity index (χ1n) is 6.96. The van der Waals surface area contributed by atoms with Gasteiger partial charge in [-0.2, -0.15) is 0 Å². The first-order chi connectivity index (χ1) is 10.3. The second kappa shape index (κ2) is 8.25. The quantitative estimate of drug-likeness (QED) is 0.599. The molecule has 2 rings (SSSR count). The van der Waals surface area contributed by atoms with Crippen molar-refractivity contribution in [2.75, 3.05) is 19.6 Å². The van der Waals surface area contributed by atoms with Gasteiger partial charge in [0.2, 0.25) is 10.0 Å². The molecule has 1 heterocycles. The molecule has 0 saturated carbocycles. The number of hydrogen-bond acceptors (Lipinski definition) is 5. The zero-order valence-electron chi connectivity index (χ0n) is 12.5. The summed E-state index contributed by atoms with van der Waals surface area (Å²) in [5.41, 5.74) is -0.0469. The standard InChI is InChI=1S/C13H18ClN3O4S.ClH/c1-9-12(14)5-11(6-13(9)17(18)19)22(20,21)16-8-10-3-2-4-15-7-10;/h5-6,10,15-16H,2-4,7-8H2,1H3;1H. The second-order valence-corrected chi connectivity index (χ2v) is 7.54. The van der Waals surface area contributed by atoms with E-state index in [9.17, 15) is 18.5 Å². The Labute approximate surface area is 146 Å². The van der Waals surface area contributed by atoms with Crippen LogP contribution in [0.1, 0.15) is 18.4 Å². The number of benzene rings is 1. The van der Waals surface area contributed by atoms with E-state index >= 15 is 0 Å². The molecule has 1 unspecified atom stereocenters. The van der Waals surface area contributed by atoms with Crippen LogP contribution in [0.3, 0.4) is 0 Å². The van der Waals surface area contributed by atoms with Crippen LogP contribution in [-0.2, 0) is 10.0 Å². The predicted molar refractivity (Wildman–Crippen MR) is 90.9 cm³/mol. The van der Waals surface area contributed by atoms with E-state index in [4.69, 9.17) is 11.6 Å². The van der Waals surface area contributed by atoms with Crippen molar-refractivity contribution in [1.29, 1.82) is 0 Å². The molecule has 1 aromatic rings. The number of nitro benzene ring substituents is 1. The lowest BCUT2D eigenvalue weighted by Crippen LogP contribution is -2.38. The lowest BCUT2D eigenvalue weighted by molar-refractivity contribution is -0.385. The molecule has 1 aromatic carbocycles. The van der Waals surface area contributed by atoms with E-state index in [0.717, 1.165) is 32.0 Å². The van der Waals surface area contributed by atoms with Crippen molar-refractivity contribution >= 4 is 39.7 Å². The highest BCUT2D eigenvalue weighted by atomic mass is 35.5. The molecule has 10 heteroatoms. The normalized spacial score (nSPS) is 18.3. The van der Waals surface area contributed by atoms with Gasteiger partial charge in [-0.05, 0) is 44.8 Å². The van der Waals surface area contributed by atoms with Gasteiger partial charge >= 0.3 is 0 Å². The van der Waals surface area contributed by atoms with Crippen LogP contribution in [0.5, 0.6) is 0 Å². The van der Waals surface area contributed by atoms with Crippen LogP contribution in [0, 0.1) is 23.0 Å². The predicted octanol–water partition coefficient (Wildman–Crippen LogP) is 2.26. The summed E-state index contributed by atoms with van der Waals surface area (Å²) in [5.74, 6) is 0.222. The van der Waals surface area contributed by atoms with Gasteiger partial charge in [0.25, 0.3) is 5.69 Å². The SMILES string of the molecule is Cc1c(Cl)cc(S(=O)(=O)NCC2CCCNC2)cc1[N+](=O)[O-].Cl. The van der Waals surface area contributed by atoms with Crippen LogP contribution in [0.15, 0.2) is 17.0 Å². The zero-order valence-corrected chi connectivity index (χ0v) is 14.9. The maximum absolute atomic E-state index is 12.3. The van der Waals surface area contributed by atoms with Gasteiger partial charge in [-0.3, -0.25) is 10.1 Å². The molecule has 1 saturated heterocycles. The highest BCUT2D eigenvalue weighted by molar-refractivity contribution is 7.89. The Balaban J connectivity index is 0.00000264. The topological polar surface area (TPSA) is 101 Å². The van der Waals surface area contributed by atoms with Crippen LogP contribution < -0.4 is 10.0 Å². The molecule has 0 radical (unpaired) electrons. The van der Waals surface area contributed by atoms with E-state index in [2.05, 4.69) is 10.0 Å². The van der Waals surface area contributed by atoms with Crippen molar-refractivity contribution in [3.8, 4) is 0 Å². The van der Waals surface area contributed by atoms with Gasteiger partial charge in [0.15, 0.2) is 0 Å². The first kappa shape index (κ1) is 20.1. The van der Waals surface area contributed by atoms with E-state index in [1.807, 2.05) is 0 Å². The lowest BCUT2D eigenvalue weighted by Gasteiger charge is -2.22. The Kier molecular flexibility index (Phi) is 7.22. The fraction of sp³-hybridized carbons (Fsp3) is 0.538. The van der Waals surface area contributed by atoms with Gasteiger partial charge in [0.05, 0.1) is 14.8 Å². The van der Waals surface area contributed by atoms with E-state index < -0.39 is 14.9 Å². The van der Waals surface area contributed by atoms with E-state index in [1.165, 1.54) is 13.0 Å². The van der Waals surface area contributed by atoms with Crippen LogP contribution in [0.4, 0.5) is 5.69 Å². The minimum absolute atomic E-state index is 0. The third kappa shape index (κ3) is 5.02. The second-order valence-electron chi connectivity index (χ2n) is 5.37. The summed E-state index contributed by atoms with van der Waals surface area (Å²) in [5, 5.41) is 14.3. The number of sulfonamides is 1. The largest absolute Gasteiger partial charge is 0.316 e. The maximum atomic E-state index is 12.3. The molecule has 1 aliphatic heterocycles. The van der Waals surface area contributed by atoms with Gasteiger partial charge in [0, 0.05) is 18.2 Å². The Morgan fingerprint density at radius 2 is 2.17 bits per heavy atom. The summed E-state index contributed by atoms with van der Waals surface area (Å²) in [6, 6.07) is 2.29. The molecule has 0 bridgehead atoms. The molecule has 130 valence electrons. The average molecular weight is 384 g/mol. The minimum atomic E-state index is -3.82. The van der Waals surface area contributed by atoms with Gasteiger partial charge in [-0.25, -0.2) is 13.1 Å². The monoisotopic (exact) mass is 383 g/mol. The molecule has 0 amide bonds. The Hall–Kier alpha value is -0.930. The summed E-state index contributed by atoms with van der Waals surface area (Å²) in [7, 11) is -3.82. The van der Waals surface area contributed by atoms with Crippen molar-refractivity contribution in [3.05, 3.63) is 32.8 Å². The molecule has 2 N–H and O–H groups in total. The van der Waals surface area contributed by atoms with Crippen molar-refractivity contribution in [1.82, 2.24) is 10.0 Å². The average Bonchev–Trinajstić information content (AvgIpc) is 2.48. The van der Waals surface area contributed by atoms with Crippen molar-refractivity contribution < 1.29 is 13.3 Å². The number of hydrogen-bond donors (Lipinski definition) is 2. The maximum Gasteiger partial charge on any atom is 0.275 e. The summed E-state index contributed by atoms with van der Waals surface area (Å²) in [4.78, 5) is 10.2. The van der Waals surface area contributed by atoms with Crippen LogP contribution in [-0.4, -0.2) is 33.0 Å². The number of rotatable bonds is 5. The third-order valence-electron chi connectivity index (χ3n) is 3.76. The number of nitrogens with one attached hydrogen (secondary N) is 2. The molecule has 0 spiro atoms. The molecule has 0 aliphatic carbocycles. The third-order valence-corrected chi connectivity index (χ3v) is 5.55. The Bertz CT molecular complexity index is 676. The minimum Gasteiger partial charge on any atom is -0.316 e. The van der Waals surface area contributed by atoms with E-state index in [1.54, 1.807) is 0 Å². The molecule has 1 aliphatic rings. The molecule has 7 nitrogen and oxygen atoms in total. The van der Waals surface area contributed by atoms with Crippen molar-refractivity contribution in [2.45, 2.75) is 24.7 Å². The van der Waals surface area contributed by atoms with Gasteiger partial charge < -0.3 is 5.32 Å². The molecular formula is C13H19Cl2N3O4S. The van der Waals surface area contributed by atoms with Crippen molar-refractivity contribution in [2.24, 2.45) is 5.92 Å². The van der Waals surface area contributed by atoms with Crippen molar-refractivity contribution in [3.63, 3.8) is 0 Å². The van der Waals surface area contributed by atoms with Gasteiger partial charge in [0.1, 0.15) is 0 Å². The highest BCUT2D eigenvalue weighted by Crippen LogP contribution is 2.29. The summed E-state index contributed by atoms with van der Waals surface area (Å²) < 4.78 is 27.1.